The number of aromatic nitrogens is 2. The lowest BCUT2D eigenvalue weighted by Crippen LogP contribution is -2.33. The van der Waals surface area contributed by atoms with Crippen molar-refractivity contribution in [1.82, 2.24) is 14.7 Å². The Morgan fingerprint density at radius 3 is 3.00 bits per heavy atom. The molecule has 1 amide bonds. The summed E-state index contributed by atoms with van der Waals surface area (Å²) in [6.45, 7) is 5.16. The van der Waals surface area contributed by atoms with Crippen LogP contribution in [0.15, 0.2) is 23.6 Å². The highest BCUT2D eigenvalue weighted by Gasteiger charge is 2.30. The maximum Gasteiger partial charge on any atom is 0.244 e. The van der Waals surface area contributed by atoms with Gasteiger partial charge in [0.1, 0.15) is 6.54 Å². The van der Waals surface area contributed by atoms with Gasteiger partial charge >= 0.3 is 0 Å². The zero-order chi connectivity index (χ0) is 14.1. The molecule has 0 spiro atoms. The molecule has 1 unspecified atom stereocenters. The van der Waals surface area contributed by atoms with E-state index in [4.69, 9.17) is 0 Å². The van der Waals surface area contributed by atoms with Crippen LogP contribution in [-0.2, 0) is 11.3 Å². The number of thiophene rings is 1. The van der Waals surface area contributed by atoms with Crippen LogP contribution in [0, 0.1) is 13.8 Å². The molecule has 0 aliphatic carbocycles. The fourth-order valence-corrected chi connectivity index (χ4v) is 3.77. The molecule has 0 N–H and O–H groups in total. The van der Waals surface area contributed by atoms with Gasteiger partial charge in [0.2, 0.25) is 5.91 Å². The van der Waals surface area contributed by atoms with Crippen LogP contribution in [0.25, 0.3) is 0 Å². The Labute approximate surface area is 123 Å². The molecule has 1 atom stereocenters. The summed E-state index contributed by atoms with van der Waals surface area (Å²) in [5.41, 5.74) is 2.01. The smallest absolute Gasteiger partial charge is 0.244 e. The Kier molecular flexibility index (Phi) is 3.61. The molecule has 0 bridgehead atoms. The van der Waals surface area contributed by atoms with Crippen LogP contribution in [0.5, 0.6) is 0 Å². The third-order valence-corrected chi connectivity index (χ3v) is 4.81. The van der Waals surface area contributed by atoms with Crippen molar-refractivity contribution in [2.75, 3.05) is 6.54 Å². The van der Waals surface area contributed by atoms with Gasteiger partial charge in [0.05, 0.1) is 11.7 Å². The van der Waals surface area contributed by atoms with Gasteiger partial charge in [-0.2, -0.15) is 5.10 Å². The van der Waals surface area contributed by atoms with Gasteiger partial charge in [-0.3, -0.25) is 9.48 Å². The van der Waals surface area contributed by atoms with E-state index in [1.54, 1.807) is 11.3 Å². The molecule has 106 valence electrons. The van der Waals surface area contributed by atoms with Gasteiger partial charge in [0, 0.05) is 17.1 Å². The Bertz CT molecular complexity index is 603. The molecule has 3 rings (SSSR count). The average molecular weight is 289 g/mol. The summed E-state index contributed by atoms with van der Waals surface area (Å²) in [6, 6.07) is 6.46. The summed E-state index contributed by atoms with van der Waals surface area (Å²) in [6.07, 6.45) is 2.16. The number of likely N-dealkylation sites (tertiary alicyclic amines) is 1. The van der Waals surface area contributed by atoms with Crippen molar-refractivity contribution in [2.45, 2.75) is 39.3 Å². The normalized spacial score (nSPS) is 18.7. The first kappa shape index (κ1) is 13.4. The van der Waals surface area contributed by atoms with E-state index in [1.807, 2.05) is 29.5 Å². The zero-order valence-electron chi connectivity index (χ0n) is 11.9. The van der Waals surface area contributed by atoms with Gasteiger partial charge in [0.25, 0.3) is 0 Å². The fourth-order valence-electron chi connectivity index (χ4n) is 2.90. The van der Waals surface area contributed by atoms with Gasteiger partial charge in [-0.15, -0.1) is 11.3 Å². The highest BCUT2D eigenvalue weighted by Crippen LogP contribution is 2.34. The summed E-state index contributed by atoms with van der Waals surface area (Å²) in [4.78, 5) is 15.9. The SMILES string of the molecule is Cc1cc(C)n(CC(=O)N2CCCC2c2cccs2)n1. The van der Waals surface area contributed by atoms with E-state index in [0.717, 1.165) is 30.8 Å². The molecule has 0 saturated carbocycles. The average Bonchev–Trinajstić information content (AvgIpc) is 3.11. The highest BCUT2D eigenvalue weighted by molar-refractivity contribution is 7.10. The Hall–Kier alpha value is -1.62. The molecule has 1 fully saturated rings. The molecule has 1 aliphatic rings. The predicted octanol–water partition coefficient (Wildman–Crippen LogP) is 2.93. The predicted molar refractivity (Wildman–Crippen MR) is 79.7 cm³/mol. The van der Waals surface area contributed by atoms with E-state index in [9.17, 15) is 4.79 Å². The molecule has 3 heterocycles. The van der Waals surface area contributed by atoms with Crippen LogP contribution < -0.4 is 0 Å². The van der Waals surface area contributed by atoms with Gasteiger partial charge in [-0.1, -0.05) is 6.07 Å². The number of amides is 1. The van der Waals surface area contributed by atoms with Crippen LogP contribution in [0.1, 0.15) is 35.1 Å². The second kappa shape index (κ2) is 5.40. The molecule has 1 saturated heterocycles. The molecule has 20 heavy (non-hydrogen) atoms. The Morgan fingerprint density at radius 1 is 1.50 bits per heavy atom. The topological polar surface area (TPSA) is 38.1 Å². The molecule has 0 aromatic carbocycles. The third-order valence-electron chi connectivity index (χ3n) is 3.83. The standard InChI is InChI=1S/C15H19N3OS/c1-11-9-12(2)18(16-11)10-15(19)17-7-3-5-13(17)14-6-4-8-20-14/h4,6,8-9,13H,3,5,7,10H2,1-2H3. The van der Waals surface area contributed by atoms with Crippen LogP contribution in [-0.4, -0.2) is 27.1 Å². The summed E-state index contributed by atoms with van der Waals surface area (Å²) >= 11 is 1.74. The minimum absolute atomic E-state index is 0.173. The molecular formula is C15H19N3OS. The first-order valence-electron chi connectivity index (χ1n) is 6.99. The number of carbonyl (C=O) groups excluding carboxylic acids is 1. The first-order chi connectivity index (χ1) is 9.65. The number of hydrogen-bond acceptors (Lipinski definition) is 3. The molecule has 5 heteroatoms. The summed E-state index contributed by atoms with van der Waals surface area (Å²) < 4.78 is 1.81. The maximum absolute atomic E-state index is 12.6. The van der Waals surface area contributed by atoms with Crippen molar-refractivity contribution < 1.29 is 4.79 Å². The monoisotopic (exact) mass is 289 g/mol. The van der Waals surface area contributed by atoms with Crippen molar-refractivity contribution >= 4 is 17.2 Å². The lowest BCUT2D eigenvalue weighted by atomic mass is 10.2. The lowest BCUT2D eigenvalue weighted by molar-refractivity contribution is -0.133. The quantitative estimate of drug-likeness (QED) is 0.871. The van der Waals surface area contributed by atoms with E-state index < -0.39 is 0 Å². The molecule has 1 aliphatic heterocycles. The van der Waals surface area contributed by atoms with Crippen LogP contribution in [0.3, 0.4) is 0 Å². The van der Waals surface area contributed by atoms with E-state index in [-0.39, 0.29) is 11.9 Å². The van der Waals surface area contributed by atoms with E-state index >= 15 is 0 Å². The number of nitrogens with zero attached hydrogens (tertiary/aromatic N) is 3. The third kappa shape index (κ3) is 2.50. The van der Waals surface area contributed by atoms with Crippen molar-refractivity contribution in [3.63, 3.8) is 0 Å². The van der Waals surface area contributed by atoms with Crippen molar-refractivity contribution in [1.29, 1.82) is 0 Å². The molecule has 2 aromatic rings. The molecular weight excluding hydrogens is 270 g/mol. The van der Waals surface area contributed by atoms with Crippen molar-refractivity contribution in [3.8, 4) is 0 Å². The van der Waals surface area contributed by atoms with Gasteiger partial charge in [-0.05, 0) is 44.2 Å². The number of rotatable bonds is 3. The largest absolute Gasteiger partial charge is 0.333 e. The maximum atomic E-state index is 12.6. The first-order valence-corrected chi connectivity index (χ1v) is 7.87. The fraction of sp³-hybridized carbons (Fsp3) is 0.467. The molecule has 0 radical (unpaired) electrons. The van der Waals surface area contributed by atoms with E-state index in [0.29, 0.717) is 6.54 Å². The van der Waals surface area contributed by atoms with Crippen molar-refractivity contribution in [3.05, 3.63) is 39.8 Å². The lowest BCUT2D eigenvalue weighted by Gasteiger charge is -2.24. The van der Waals surface area contributed by atoms with Crippen LogP contribution in [0.4, 0.5) is 0 Å². The summed E-state index contributed by atoms with van der Waals surface area (Å²) in [5.74, 6) is 0.173. The van der Waals surface area contributed by atoms with Crippen LogP contribution in [0.2, 0.25) is 0 Å². The zero-order valence-corrected chi connectivity index (χ0v) is 12.7. The number of aryl methyl sites for hydroxylation is 2. The van der Waals surface area contributed by atoms with Crippen LogP contribution >= 0.6 is 11.3 Å². The number of carbonyl (C=O) groups is 1. The molecule has 2 aromatic heterocycles. The number of hydrogen-bond donors (Lipinski definition) is 0. The van der Waals surface area contributed by atoms with Gasteiger partial charge < -0.3 is 4.90 Å². The van der Waals surface area contributed by atoms with E-state index in [1.165, 1.54) is 4.88 Å². The highest BCUT2D eigenvalue weighted by atomic mass is 32.1. The van der Waals surface area contributed by atoms with E-state index in [2.05, 4.69) is 22.6 Å². The minimum Gasteiger partial charge on any atom is -0.333 e. The summed E-state index contributed by atoms with van der Waals surface area (Å²) in [5, 5.41) is 6.46. The molecule has 4 nitrogen and oxygen atoms in total. The van der Waals surface area contributed by atoms with Gasteiger partial charge in [-0.25, -0.2) is 0 Å². The van der Waals surface area contributed by atoms with Crippen molar-refractivity contribution in [2.24, 2.45) is 0 Å². The second-order valence-electron chi connectivity index (χ2n) is 5.35. The minimum atomic E-state index is 0.173. The summed E-state index contributed by atoms with van der Waals surface area (Å²) in [7, 11) is 0. The Balaban J connectivity index is 1.75. The Morgan fingerprint density at radius 2 is 2.35 bits per heavy atom. The van der Waals surface area contributed by atoms with Gasteiger partial charge in [0.15, 0.2) is 0 Å². The second-order valence-corrected chi connectivity index (χ2v) is 6.32.